The Bertz CT molecular complexity index is 4010. The number of ether oxygens (including phenoxy) is 4. The zero-order valence-corrected chi connectivity index (χ0v) is 53.1. The van der Waals surface area contributed by atoms with Crippen molar-refractivity contribution in [2.45, 2.75) is 131 Å². The third kappa shape index (κ3) is 13.2. The van der Waals surface area contributed by atoms with Gasteiger partial charge in [-0.15, -0.1) is 0 Å². The lowest BCUT2D eigenvalue weighted by molar-refractivity contribution is -0.160. The van der Waals surface area contributed by atoms with Gasteiger partial charge in [0.15, 0.2) is 11.4 Å². The van der Waals surface area contributed by atoms with E-state index < -0.39 is 117 Å². The van der Waals surface area contributed by atoms with Crippen LogP contribution in [0.4, 0.5) is 24.5 Å². The second-order valence-electron chi connectivity index (χ2n) is 25.2. The predicted molar refractivity (Wildman–Crippen MR) is 334 cm³/mol. The van der Waals surface area contributed by atoms with Crippen LogP contribution in [0.25, 0.3) is 27.4 Å². The van der Waals surface area contributed by atoms with Crippen LogP contribution in [0.2, 0.25) is 0 Å². The van der Waals surface area contributed by atoms with Gasteiger partial charge < -0.3 is 69.5 Å². The number of Topliss-reactive ketones (excluding diaryl/α,β-unsaturated/α-hetero) is 1. The quantitative estimate of drug-likeness (QED) is 0.0608. The molecule has 5 aromatic rings. The van der Waals surface area contributed by atoms with E-state index in [1.807, 2.05) is 6.92 Å². The lowest BCUT2D eigenvalue weighted by Crippen LogP contribution is -2.49. The van der Waals surface area contributed by atoms with Gasteiger partial charge in [-0.1, -0.05) is 59.8 Å². The third-order valence-electron chi connectivity index (χ3n) is 18.1. The highest BCUT2D eigenvalue weighted by molar-refractivity contribution is 6.19. The number of phenolic OH excluding ortho intramolecular Hbond substituents is 2. The number of aromatic hydroxyl groups is 2. The number of rotatable bonds is 7. The number of hydrogen-bond acceptors (Lipinski definition) is 18. The smallest absolute Gasteiger partial charge is 0.341 e. The van der Waals surface area contributed by atoms with Crippen molar-refractivity contribution in [3.05, 3.63) is 128 Å². The molecule has 10 atom stereocenters. The molecule has 1 unspecified atom stereocenters. The molecule has 1 spiro atoms. The van der Waals surface area contributed by atoms with E-state index in [1.165, 1.54) is 33.3 Å². The molecular weight excluding hydrogens is 1180 g/mol. The van der Waals surface area contributed by atoms with Gasteiger partial charge >= 0.3 is 17.7 Å². The van der Waals surface area contributed by atoms with Gasteiger partial charge in [-0.3, -0.25) is 29.2 Å². The number of piperidine rings is 1. The number of hydrogen-bond donors (Lipinski definition) is 7. The fourth-order valence-corrected chi connectivity index (χ4v) is 13.0. The minimum absolute atomic E-state index is 0.0364. The van der Waals surface area contributed by atoms with Gasteiger partial charge in [-0.2, -0.15) is 0 Å². The second-order valence-corrected chi connectivity index (χ2v) is 25.2. The van der Waals surface area contributed by atoms with Crippen molar-refractivity contribution in [3.63, 3.8) is 0 Å². The summed E-state index contributed by atoms with van der Waals surface area (Å²) in [4.78, 5) is 79.7. The van der Waals surface area contributed by atoms with Gasteiger partial charge in [0.25, 0.3) is 11.7 Å². The summed E-state index contributed by atoms with van der Waals surface area (Å²) in [5.74, 6) is -10.4. The molecule has 488 valence electrons. The number of esters is 1. The summed E-state index contributed by atoms with van der Waals surface area (Å²) in [7, 11) is 1.47. The number of allylic oxidation sites excluding steroid dienone is 2. The van der Waals surface area contributed by atoms with Crippen molar-refractivity contribution in [1.29, 1.82) is 0 Å². The maximum atomic E-state index is 14.9. The summed E-state index contributed by atoms with van der Waals surface area (Å²) >= 11 is 0. The summed E-state index contributed by atoms with van der Waals surface area (Å²) in [6.45, 7) is 23.2. The molecule has 10 rings (SSSR count). The molecule has 6 heterocycles. The molecule has 0 saturated carbocycles. The molecule has 1 aromatic heterocycles. The lowest BCUT2D eigenvalue weighted by atomic mass is 9.78. The number of amides is 1. The number of nitrogens with one attached hydrogen (secondary N) is 2. The third-order valence-corrected chi connectivity index (χ3v) is 18.1. The molecule has 24 heteroatoms. The van der Waals surface area contributed by atoms with Gasteiger partial charge in [0.2, 0.25) is 5.43 Å². The Balaban J connectivity index is 0.000000271. The summed E-state index contributed by atoms with van der Waals surface area (Å²) in [5.41, 5.74) is -1.91. The number of aromatic nitrogens is 1. The van der Waals surface area contributed by atoms with Crippen LogP contribution in [0.15, 0.2) is 87.4 Å². The van der Waals surface area contributed by atoms with Crippen LogP contribution in [-0.4, -0.2) is 147 Å². The summed E-state index contributed by atoms with van der Waals surface area (Å²) in [5, 5.41) is 62.6. The fraction of sp³-hybridized carbons (Fsp3) is 0.478. The molecule has 4 aromatic carbocycles. The number of benzene rings is 4. The van der Waals surface area contributed by atoms with Crippen LogP contribution < -0.4 is 36.4 Å². The Morgan fingerprint density at radius 3 is 2.19 bits per heavy atom. The highest BCUT2D eigenvalue weighted by Gasteiger charge is 2.50. The van der Waals surface area contributed by atoms with Gasteiger partial charge in [0.1, 0.15) is 51.7 Å². The molecule has 2 saturated heterocycles. The predicted octanol–water partition coefficient (Wildman–Crippen LogP) is 7.65. The molecule has 5 aliphatic heterocycles. The molecular formula is C67H80F3N7O14. The topological polar surface area (TPSA) is 284 Å². The van der Waals surface area contributed by atoms with E-state index in [4.69, 9.17) is 28.9 Å². The Morgan fingerprint density at radius 1 is 0.868 bits per heavy atom. The number of carbonyl (C=O) groups is 4. The Labute approximate surface area is 524 Å². The van der Waals surface area contributed by atoms with Gasteiger partial charge in [-0.25, -0.2) is 18.0 Å². The Kier molecular flexibility index (Phi) is 19.6. The van der Waals surface area contributed by atoms with E-state index in [9.17, 15) is 62.7 Å². The number of halogens is 3. The fourth-order valence-electron chi connectivity index (χ4n) is 13.0. The largest absolute Gasteiger partial charge is 0.507 e. The zero-order chi connectivity index (χ0) is 66.5. The summed E-state index contributed by atoms with van der Waals surface area (Å²) in [6, 6.07) is 5.30. The number of carboxylic acid groups (broad SMARTS) is 1. The van der Waals surface area contributed by atoms with Crippen molar-refractivity contribution in [1.82, 2.24) is 14.8 Å². The van der Waals surface area contributed by atoms with Gasteiger partial charge in [-0.05, 0) is 57.0 Å². The normalized spacial score (nSPS) is 27.4. The maximum Gasteiger partial charge on any atom is 0.341 e. The molecule has 2 fully saturated rings. The molecule has 21 nitrogen and oxygen atoms in total. The SMILES string of the molecule is CC1CN(c2cc3c(cc2F)c(=O)c(C(=O)O)cn3-c2ccc(F)cc2F)CCN1.CO[C@H]1/C=C\O[C@@]2(C)Oc3c(C)c(O)c4c(O)c(c5c(c4c3C2=O)=NC2(CCN(CC(C)C)CC2)N=5)NC(=O)/C(C)=C/C=C\[C@H](C)[C@H](O)[C@@H](C)[C@@H](O)[C@H](C)[C@@H](OC(C)=O)[C@@H]1C. The molecule has 0 aliphatic carbocycles. The van der Waals surface area contributed by atoms with E-state index in [0.717, 1.165) is 35.5 Å². The standard InChI is InChI=1S/C46H62N4O11.C21H18F3N3O3/c1-22(2)21-50-18-16-46(17-19-50)48-34-31-32-39(54)28(8)42-33(31)43(56)45(10,61-42)59-20-15-30(58-11)25(5)41(60-29(9)51)27(7)38(53)26(6)37(52)23(3)13-12-14-24(4)44(57)47-36(40(32)55)35(34)49-46;1-11-9-26(5-4-25-11)19-8-18-13(7-16(19)24)20(28)14(21(29)30)10-27(18)17-3-2-12(22)6-15(17)23/h12-15,20,22-23,25-27,30,37-38,41,52-55H,16-19,21H2,1-11H3,(H,47,57);2-3,6-8,10-11,25H,4-5,9H2,1H3,(H,29,30)/b13-12-,20-15-,24-14+;/t23-,25+,26+,27-,30-,37-,38+,41-,45-;/m0./s1. The summed E-state index contributed by atoms with van der Waals surface area (Å²) < 4.78 is 67.9. The van der Waals surface area contributed by atoms with Crippen LogP contribution in [0.1, 0.15) is 108 Å². The first-order valence-corrected chi connectivity index (χ1v) is 30.5. The Morgan fingerprint density at radius 2 is 1.55 bits per heavy atom. The molecule has 0 radical (unpaired) electrons. The number of likely N-dealkylation sites (tertiary alicyclic amines) is 1. The minimum atomic E-state index is -1.96. The average molecular weight is 1260 g/mol. The molecule has 5 aliphatic rings. The van der Waals surface area contributed by atoms with Crippen LogP contribution in [0.3, 0.4) is 0 Å². The number of piperazine rings is 1. The number of nitrogens with zero attached hydrogens (tertiary/aromatic N) is 5. The summed E-state index contributed by atoms with van der Waals surface area (Å²) in [6.07, 6.45) is 6.01. The van der Waals surface area contributed by atoms with Crippen molar-refractivity contribution >= 4 is 56.7 Å². The first-order chi connectivity index (χ1) is 42.9. The van der Waals surface area contributed by atoms with E-state index in [0.29, 0.717) is 57.5 Å². The highest BCUT2D eigenvalue weighted by Crippen LogP contribution is 2.50. The minimum Gasteiger partial charge on any atom is -0.507 e. The number of aliphatic hydroxyl groups is 2. The first kappa shape index (κ1) is 67.2. The lowest BCUT2D eigenvalue weighted by Gasteiger charge is -2.38. The van der Waals surface area contributed by atoms with Crippen molar-refractivity contribution < 1.29 is 76.8 Å². The highest BCUT2D eigenvalue weighted by atomic mass is 19.1. The number of ketones is 1. The van der Waals surface area contributed by atoms with Gasteiger partial charge in [0, 0.05) is 137 Å². The monoisotopic (exact) mass is 1260 g/mol. The van der Waals surface area contributed by atoms with Crippen LogP contribution in [0.5, 0.6) is 17.2 Å². The van der Waals surface area contributed by atoms with Crippen molar-refractivity contribution in [3.8, 4) is 22.9 Å². The molecule has 4 bridgehead atoms. The Hall–Kier alpha value is -8.16. The number of aliphatic hydroxyl groups excluding tert-OH is 2. The van der Waals surface area contributed by atoms with E-state index >= 15 is 0 Å². The number of fused-ring (bicyclic) bond motifs is 2. The second kappa shape index (κ2) is 26.6. The van der Waals surface area contributed by atoms with E-state index in [-0.39, 0.29) is 83.7 Å². The van der Waals surface area contributed by atoms with Crippen molar-refractivity contribution in [2.75, 3.05) is 56.6 Å². The van der Waals surface area contributed by atoms with Crippen molar-refractivity contribution in [2.24, 2.45) is 39.6 Å². The first-order valence-electron chi connectivity index (χ1n) is 30.5. The molecule has 1 amide bonds. The average Bonchev–Trinajstić information content (AvgIpc) is 1.58. The van der Waals surface area contributed by atoms with Gasteiger partial charge in [0.05, 0.1) is 57.8 Å². The number of pyridine rings is 1. The number of carboxylic acids is 1. The van der Waals surface area contributed by atoms with Crippen LogP contribution in [0, 0.1) is 54.0 Å². The van der Waals surface area contributed by atoms with E-state index in [2.05, 4.69) is 29.4 Å². The zero-order valence-electron chi connectivity index (χ0n) is 53.1. The molecule has 7 N–H and O–H groups in total. The number of methoxy groups -OCH3 is 1. The van der Waals surface area contributed by atoms with Crippen LogP contribution >= 0.6 is 0 Å². The number of phenols is 2. The number of carbonyl (C=O) groups excluding carboxylic acids is 3. The van der Waals surface area contributed by atoms with Crippen LogP contribution in [-0.2, 0) is 23.8 Å². The van der Waals surface area contributed by atoms with E-state index in [1.54, 1.807) is 70.7 Å². The number of aromatic carboxylic acids is 1. The maximum absolute atomic E-state index is 14.9. The number of anilines is 2. The molecule has 91 heavy (non-hydrogen) atoms.